The van der Waals surface area contributed by atoms with Gasteiger partial charge in [-0.05, 0) is 19.1 Å². The van der Waals surface area contributed by atoms with E-state index in [1.165, 1.54) is 18.3 Å². The summed E-state index contributed by atoms with van der Waals surface area (Å²) in [5.41, 5.74) is -0.588. The first-order chi connectivity index (χ1) is 8.04. The van der Waals surface area contributed by atoms with E-state index < -0.39 is 11.5 Å². The van der Waals surface area contributed by atoms with Gasteiger partial charge in [0.1, 0.15) is 5.01 Å². The standard InChI is InChI=1S/C11H10N2O3S/c1-7(14)11(3-2-4-12-11)10-13-8(6-17-10)5-9(15)16/h2-4,6H,5H2,1H3,(H,15,16). The number of nitrogens with zero attached hydrogens (tertiary/aromatic N) is 2. The Morgan fingerprint density at radius 1 is 1.53 bits per heavy atom. The number of carboxylic acids is 1. The number of rotatable bonds is 4. The van der Waals surface area contributed by atoms with E-state index in [1.807, 2.05) is 0 Å². The van der Waals surface area contributed by atoms with Gasteiger partial charge in [-0.15, -0.1) is 11.3 Å². The molecule has 1 N–H and O–H groups in total. The zero-order valence-electron chi connectivity index (χ0n) is 9.08. The zero-order valence-corrected chi connectivity index (χ0v) is 9.90. The molecule has 1 unspecified atom stereocenters. The van der Waals surface area contributed by atoms with E-state index in [-0.39, 0.29) is 12.2 Å². The number of aliphatic imine (C=N–C) groups is 1. The fourth-order valence-corrected chi connectivity index (χ4v) is 2.59. The van der Waals surface area contributed by atoms with E-state index in [2.05, 4.69) is 9.98 Å². The average molecular weight is 250 g/mol. The van der Waals surface area contributed by atoms with Crippen molar-refractivity contribution in [1.82, 2.24) is 4.98 Å². The van der Waals surface area contributed by atoms with Gasteiger partial charge in [-0.25, -0.2) is 4.98 Å². The summed E-state index contributed by atoms with van der Waals surface area (Å²) < 4.78 is 0. The molecule has 5 nitrogen and oxygen atoms in total. The Hall–Kier alpha value is -1.82. The summed E-state index contributed by atoms with van der Waals surface area (Å²) in [6, 6.07) is 0. The average Bonchev–Trinajstić information content (AvgIpc) is 2.83. The first kappa shape index (κ1) is 11.7. The van der Waals surface area contributed by atoms with Crippen LogP contribution in [0.3, 0.4) is 0 Å². The molecular weight excluding hydrogens is 240 g/mol. The molecule has 0 bridgehead atoms. The third-order valence-corrected chi connectivity index (χ3v) is 3.46. The molecule has 0 aromatic carbocycles. The molecule has 2 heterocycles. The van der Waals surface area contributed by atoms with Crippen LogP contribution < -0.4 is 0 Å². The molecule has 17 heavy (non-hydrogen) atoms. The lowest BCUT2D eigenvalue weighted by Crippen LogP contribution is -2.28. The number of hydrogen-bond donors (Lipinski definition) is 1. The van der Waals surface area contributed by atoms with Crippen LogP contribution in [-0.4, -0.2) is 28.1 Å². The van der Waals surface area contributed by atoms with Crippen LogP contribution in [0.2, 0.25) is 0 Å². The molecule has 0 amide bonds. The van der Waals surface area contributed by atoms with Crippen LogP contribution in [0.4, 0.5) is 0 Å². The van der Waals surface area contributed by atoms with Crippen molar-refractivity contribution in [1.29, 1.82) is 0 Å². The summed E-state index contributed by atoms with van der Waals surface area (Å²) in [5.74, 6) is -1.07. The van der Waals surface area contributed by atoms with E-state index >= 15 is 0 Å². The lowest BCUT2D eigenvalue weighted by atomic mass is 9.97. The third-order valence-electron chi connectivity index (χ3n) is 2.45. The molecule has 1 aromatic rings. The smallest absolute Gasteiger partial charge is 0.309 e. The van der Waals surface area contributed by atoms with Crippen LogP contribution in [0.25, 0.3) is 0 Å². The van der Waals surface area contributed by atoms with Gasteiger partial charge in [-0.1, -0.05) is 0 Å². The van der Waals surface area contributed by atoms with Gasteiger partial charge in [0, 0.05) is 11.6 Å². The molecule has 2 rings (SSSR count). The number of aromatic nitrogens is 1. The van der Waals surface area contributed by atoms with Crippen molar-refractivity contribution in [3.63, 3.8) is 0 Å². The first-order valence-corrected chi connectivity index (χ1v) is 5.83. The SMILES string of the molecule is CC(=O)C1(c2nc(CC(=O)O)cs2)C=CC=N1. The van der Waals surface area contributed by atoms with Gasteiger partial charge < -0.3 is 5.11 Å². The minimum absolute atomic E-state index is 0.126. The molecule has 0 aliphatic carbocycles. The van der Waals surface area contributed by atoms with Gasteiger partial charge in [0.15, 0.2) is 11.3 Å². The minimum Gasteiger partial charge on any atom is -0.481 e. The Morgan fingerprint density at radius 2 is 2.29 bits per heavy atom. The normalized spacial score (nSPS) is 21.9. The molecule has 1 aromatic heterocycles. The molecule has 1 aliphatic rings. The highest BCUT2D eigenvalue weighted by Gasteiger charge is 2.38. The largest absolute Gasteiger partial charge is 0.481 e. The predicted octanol–water partition coefficient (Wildman–Crippen LogP) is 1.20. The zero-order chi connectivity index (χ0) is 12.5. The molecule has 1 aliphatic heterocycles. The van der Waals surface area contributed by atoms with Gasteiger partial charge in [0.2, 0.25) is 0 Å². The Bertz CT molecular complexity index is 519. The maximum Gasteiger partial charge on any atom is 0.309 e. The van der Waals surface area contributed by atoms with E-state index in [1.54, 1.807) is 23.7 Å². The second-order valence-electron chi connectivity index (χ2n) is 3.67. The van der Waals surface area contributed by atoms with Gasteiger partial charge in [-0.2, -0.15) is 0 Å². The predicted molar refractivity (Wildman–Crippen MR) is 63.4 cm³/mol. The molecule has 88 valence electrons. The number of carbonyl (C=O) groups is 2. The van der Waals surface area contributed by atoms with Crippen molar-refractivity contribution in [2.75, 3.05) is 0 Å². The van der Waals surface area contributed by atoms with Gasteiger partial charge in [-0.3, -0.25) is 14.6 Å². The quantitative estimate of drug-likeness (QED) is 0.870. The fraction of sp³-hybridized carbons (Fsp3) is 0.273. The van der Waals surface area contributed by atoms with Crippen LogP contribution in [-0.2, 0) is 21.5 Å². The molecule has 6 heteroatoms. The lowest BCUT2D eigenvalue weighted by Gasteiger charge is -2.17. The second kappa shape index (κ2) is 4.21. The number of thiazole rings is 1. The number of Topliss-reactive ketones (excluding diaryl/α,β-unsaturated/α-hetero) is 1. The van der Waals surface area contributed by atoms with Crippen molar-refractivity contribution >= 4 is 29.3 Å². The van der Waals surface area contributed by atoms with E-state index in [9.17, 15) is 9.59 Å². The van der Waals surface area contributed by atoms with E-state index in [0.717, 1.165) is 0 Å². The van der Waals surface area contributed by atoms with Gasteiger partial charge in [0.25, 0.3) is 0 Å². The number of hydrogen-bond acceptors (Lipinski definition) is 5. The molecule has 0 spiro atoms. The molecule has 0 saturated heterocycles. The van der Waals surface area contributed by atoms with Crippen LogP contribution in [0.5, 0.6) is 0 Å². The van der Waals surface area contributed by atoms with Crippen molar-refractivity contribution in [2.45, 2.75) is 18.9 Å². The summed E-state index contributed by atoms with van der Waals surface area (Å²) in [4.78, 5) is 30.6. The Balaban J connectivity index is 2.36. The number of aliphatic carboxylic acids is 1. The number of carboxylic acid groups (broad SMARTS) is 1. The van der Waals surface area contributed by atoms with Crippen LogP contribution in [0.15, 0.2) is 22.5 Å². The second-order valence-corrected chi connectivity index (χ2v) is 4.53. The highest BCUT2D eigenvalue weighted by molar-refractivity contribution is 7.10. The van der Waals surface area contributed by atoms with Gasteiger partial charge in [0.05, 0.1) is 12.1 Å². The van der Waals surface area contributed by atoms with Crippen molar-refractivity contribution in [3.8, 4) is 0 Å². The summed E-state index contributed by atoms with van der Waals surface area (Å²) >= 11 is 1.26. The van der Waals surface area contributed by atoms with E-state index in [0.29, 0.717) is 10.7 Å². The van der Waals surface area contributed by atoms with Crippen LogP contribution in [0.1, 0.15) is 17.6 Å². The van der Waals surface area contributed by atoms with Gasteiger partial charge >= 0.3 is 5.97 Å². The van der Waals surface area contributed by atoms with Crippen LogP contribution in [0, 0.1) is 0 Å². The number of carbonyl (C=O) groups excluding carboxylic acids is 1. The van der Waals surface area contributed by atoms with Crippen molar-refractivity contribution in [2.24, 2.45) is 4.99 Å². The highest BCUT2D eigenvalue weighted by Crippen LogP contribution is 2.33. The fourth-order valence-electron chi connectivity index (χ4n) is 1.59. The monoisotopic (exact) mass is 250 g/mol. The minimum atomic E-state index is -1.04. The summed E-state index contributed by atoms with van der Waals surface area (Å²) in [6.45, 7) is 1.45. The Labute approximate surface area is 102 Å². The molecular formula is C11H10N2O3S. The topological polar surface area (TPSA) is 79.6 Å². The van der Waals surface area contributed by atoms with Crippen LogP contribution >= 0.6 is 11.3 Å². The van der Waals surface area contributed by atoms with E-state index in [4.69, 9.17) is 5.11 Å². The Kier molecular flexibility index (Phi) is 2.89. The summed E-state index contributed by atoms with van der Waals surface area (Å²) in [7, 11) is 0. The summed E-state index contributed by atoms with van der Waals surface area (Å²) in [6.07, 6.45) is 4.79. The third kappa shape index (κ3) is 2.03. The molecule has 1 atom stereocenters. The lowest BCUT2D eigenvalue weighted by molar-refractivity contribution is -0.136. The number of allylic oxidation sites excluding steroid dienone is 1. The highest BCUT2D eigenvalue weighted by atomic mass is 32.1. The number of ketones is 1. The maximum absolute atomic E-state index is 11.7. The summed E-state index contributed by atoms with van der Waals surface area (Å²) in [5, 5.41) is 10.8. The molecule has 0 fully saturated rings. The molecule has 0 saturated carbocycles. The first-order valence-electron chi connectivity index (χ1n) is 4.95. The van der Waals surface area contributed by atoms with Crippen molar-refractivity contribution < 1.29 is 14.7 Å². The molecule has 0 radical (unpaired) electrons. The maximum atomic E-state index is 11.7. The van der Waals surface area contributed by atoms with Crippen molar-refractivity contribution in [3.05, 3.63) is 28.2 Å². The Morgan fingerprint density at radius 3 is 2.82 bits per heavy atom.